The highest BCUT2D eigenvalue weighted by molar-refractivity contribution is 6.36. The van der Waals surface area contributed by atoms with Crippen molar-refractivity contribution < 1.29 is 9.90 Å². The molecular weight excluding hydrogens is 514 g/mol. The van der Waals surface area contributed by atoms with Crippen LogP contribution in [0.5, 0.6) is 0 Å². The summed E-state index contributed by atoms with van der Waals surface area (Å²) >= 11 is 25.4. The van der Waals surface area contributed by atoms with Crippen molar-refractivity contribution in [3.63, 3.8) is 0 Å². The van der Waals surface area contributed by atoms with E-state index >= 15 is 0 Å². The normalized spacial score (nSPS) is 18.8. The number of likely N-dealkylation sites (N-methyl/N-ethyl adjacent to an activating group) is 1. The molecule has 0 radical (unpaired) electrons. The first kappa shape index (κ1) is 25.0. The Morgan fingerprint density at radius 2 is 1.85 bits per heavy atom. The number of carbonyl (C=O) groups is 1. The number of nitrogens with zero attached hydrogens (tertiary/aromatic N) is 2. The van der Waals surface area contributed by atoms with Gasteiger partial charge in [0.1, 0.15) is 6.04 Å². The smallest absolute Gasteiger partial charge is 0.321 e. The van der Waals surface area contributed by atoms with Crippen LogP contribution < -0.4 is 0 Å². The zero-order valence-electron chi connectivity index (χ0n) is 18.3. The number of aliphatic carboxylic acids is 1. The minimum absolute atomic E-state index is 0.195. The second-order valence-corrected chi connectivity index (χ2v) is 10.0. The van der Waals surface area contributed by atoms with Gasteiger partial charge in [0.15, 0.2) is 0 Å². The van der Waals surface area contributed by atoms with E-state index in [9.17, 15) is 9.90 Å². The zero-order chi connectivity index (χ0) is 24.4. The molecule has 4 rings (SSSR count). The van der Waals surface area contributed by atoms with Crippen LogP contribution >= 0.6 is 46.4 Å². The molecule has 0 bridgehead atoms. The number of fused-ring (bicyclic) bond motifs is 1. The molecular formula is C26H22Cl4N2O2. The van der Waals surface area contributed by atoms with Crippen molar-refractivity contribution in [1.29, 1.82) is 0 Å². The molecule has 8 heteroatoms. The van der Waals surface area contributed by atoms with Gasteiger partial charge in [0, 0.05) is 32.6 Å². The van der Waals surface area contributed by atoms with Crippen LogP contribution in [0.15, 0.2) is 71.8 Å². The molecule has 3 aromatic rings. The molecule has 0 amide bonds. The van der Waals surface area contributed by atoms with Crippen molar-refractivity contribution in [2.24, 2.45) is 0 Å². The first-order chi connectivity index (χ1) is 16.2. The molecule has 176 valence electrons. The molecule has 34 heavy (non-hydrogen) atoms. The summed E-state index contributed by atoms with van der Waals surface area (Å²) in [6.07, 6.45) is 5.89. The van der Waals surface area contributed by atoms with E-state index in [2.05, 4.69) is 0 Å². The molecule has 1 aromatic heterocycles. The van der Waals surface area contributed by atoms with Crippen molar-refractivity contribution in [2.45, 2.75) is 30.3 Å². The number of allylic oxidation sites excluding steroid dienone is 4. The third kappa shape index (κ3) is 5.42. The summed E-state index contributed by atoms with van der Waals surface area (Å²) in [6.45, 7) is 0.317. The second kappa shape index (κ2) is 10.7. The third-order valence-electron chi connectivity index (χ3n) is 5.98. The average molecular weight is 536 g/mol. The van der Waals surface area contributed by atoms with Crippen molar-refractivity contribution in [1.82, 2.24) is 9.88 Å². The van der Waals surface area contributed by atoms with Gasteiger partial charge in [-0.2, -0.15) is 0 Å². The van der Waals surface area contributed by atoms with Crippen LogP contribution in [-0.4, -0.2) is 39.4 Å². The van der Waals surface area contributed by atoms with Gasteiger partial charge < -0.3 is 5.11 Å². The minimum Gasteiger partial charge on any atom is -0.480 e. The number of rotatable bonds is 7. The van der Waals surface area contributed by atoms with E-state index in [1.807, 2.05) is 48.6 Å². The Morgan fingerprint density at radius 1 is 1.12 bits per heavy atom. The predicted octanol–water partition coefficient (Wildman–Crippen LogP) is 7.05. The van der Waals surface area contributed by atoms with Crippen molar-refractivity contribution >= 4 is 63.3 Å². The van der Waals surface area contributed by atoms with Gasteiger partial charge in [0.25, 0.3) is 0 Å². The molecule has 0 fully saturated rings. The van der Waals surface area contributed by atoms with Gasteiger partial charge in [-0.25, -0.2) is 0 Å². The highest BCUT2D eigenvalue weighted by Crippen LogP contribution is 2.36. The van der Waals surface area contributed by atoms with Gasteiger partial charge in [0.2, 0.25) is 0 Å². The van der Waals surface area contributed by atoms with E-state index < -0.39 is 12.0 Å². The summed E-state index contributed by atoms with van der Waals surface area (Å²) in [6, 6.07) is 14.2. The molecule has 0 spiro atoms. The zero-order valence-corrected chi connectivity index (χ0v) is 21.3. The van der Waals surface area contributed by atoms with E-state index in [1.54, 1.807) is 30.1 Å². The van der Waals surface area contributed by atoms with Crippen LogP contribution in [0.2, 0.25) is 10.0 Å². The maximum absolute atomic E-state index is 12.1. The van der Waals surface area contributed by atoms with Gasteiger partial charge in [-0.15, -0.1) is 11.6 Å². The van der Waals surface area contributed by atoms with Crippen LogP contribution in [0.4, 0.5) is 0 Å². The highest BCUT2D eigenvalue weighted by atomic mass is 35.5. The van der Waals surface area contributed by atoms with Crippen LogP contribution in [0.3, 0.4) is 0 Å². The van der Waals surface area contributed by atoms with E-state index in [-0.39, 0.29) is 11.3 Å². The number of benzene rings is 2. The maximum atomic E-state index is 12.1. The first-order valence-corrected chi connectivity index (χ1v) is 12.2. The summed E-state index contributed by atoms with van der Waals surface area (Å²) < 4.78 is 0. The third-order valence-corrected chi connectivity index (χ3v) is 7.44. The molecule has 4 nitrogen and oxygen atoms in total. The van der Waals surface area contributed by atoms with E-state index in [0.717, 1.165) is 22.2 Å². The molecule has 0 saturated heterocycles. The van der Waals surface area contributed by atoms with E-state index in [0.29, 0.717) is 33.6 Å². The average Bonchev–Trinajstić information content (AvgIpc) is 2.79. The molecule has 2 aromatic carbocycles. The monoisotopic (exact) mass is 534 g/mol. The van der Waals surface area contributed by atoms with Gasteiger partial charge in [-0.1, -0.05) is 65.2 Å². The Bertz CT molecular complexity index is 1270. The van der Waals surface area contributed by atoms with Crippen LogP contribution in [-0.2, 0) is 17.8 Å². The summed E-state index contributed by atoms with van der Waals surface area (Å²) in [5.41, 5.74) is 3.19. The van der Waals surface area contributed by atoms with Crippen LogP contribution in [0.25, 0.3) is 10.9 Å². The Hall–Kier alpha value is -2.08. The summed E-state index contributed by atoms with van der Waals surface area (Å²) in [4.78, 5) is 18.6. The maximum Gasteiger partial charge on any atom is 0.321 e. The quantitative estimate of drug-likeness (QED) is 0.329. The van der Waals surface area contributed by atoms with Gasteiger partial charge in [-0.05, 0) is 55.4 Å². The van der Waals surface area contributed by atoms with Gasteiger partial charge >= 0.3 is 5.97 Å². The molecule has 3 atom stereocenters. The topological polar surface area (TPSA) is 53.4 Å². The molecule has 1 aliphatic rings. The molecule has 0 aliphatic heterocycles. The largest absolute Gasteiger partial charge is 0.480 e. The first-order valence-electron chi connectivity index (χ1n) is 10.7. The van der Waals surface area contributed by atoms with Crippen LogP contribution in [0, 0.1) is 0 Å². The summed E-state index contributed by atoms with van der Waals surface area (Å²) in [5, 5.41) is 12.2. The lowest BCUT2D eigenvalue weighted by atomic mass is 9.95. The number of alkyl halides is 1. The lowest BCUT2D eigenvalue weighted by molar-refractivity contribution is -0.142. The number of halogens is 4. The number of hydrogen-bond acceptors (Lipinski definition) is 3. The number of hydrogen-bond donors (Lipinski definition) is 1. The molecule has 1 N–H and O–H groups in total. The fourth-order valence-electron chi connectivity index (χ4n) is 4.11. The minimum atomic E-state index is -0.917. The number of pyridine rings is 1. The second-order valence-electron chi connectivity index (χ2n) is 8.30. The fourth-order valence-corrected chi connectivity index (χ4v) is 5.36. The fraction of sp³-hybridized carbons (Fsp3) is 0.231. The lowest BCUT2D eigenvalue weighted by Crippen LogP contribution is -2.39. The standard InChI is InChI=1S/C26H22Cl4N2O2/c1-32(14-17-18(27)4-2-5-19(17)28)24(26(33)34)13-15-8-10-22-16(12-15)9-11-23(31-22)25-20(29)6-3-7-21(25)30/h2-12,20,24-25H,13-14H2,1H3,(H,33,34). The predicted molar refractivity (Wildman–Crippen MR) is 140 cm³/mol. The molecule has 1 aliphatic carbocycles. The SMILES string of the molecule is CN(Cc1c(Cl)cccc1Cl)C(Cc1ccc2nc(C3C(Cl)=CC=CC3Cl)ccc2c1)C(=O)O. The summed E-state index contributed by atoms with van der Waals surface area (Å²) in [7, 11) is 1.76. The van der Waals surface area contributed by atoms with Crippen molar-refractivity contribution in [2.75, 3.05) is 7.05 Å². The van der Waals surface area contributed by atoms with Gasteiger partial charge in [0.05, 0.1) is 22.5 Å². The van der Waals surface area contributed by atoms with E-state index in [4.69, 9.17) is 51.4 Å². The van der Waals surface area contributed by atoms with E-state index in [1.165, 1.54) is 0 Å². The Balaban J connectivity index is 1.55. The lowest BCUT2D eigenvalue weighted by Gasteiger charge is -2.26. The van der Waals surface area contributed by atoms with Crippen LogP contribution in [0.1, 0.15) is 22.7 Å². The highest BCUT2D eigenvalue weighted by Gasteiger charge is 2.27. The number of carboxylic acids is 1. The number of aromatic nitrogens is 1. The van der Waals surface area contributed by atoms with Gasteiger partial charge in [-0.3, -0.25) is 14.7 Å². The Labute approximate surface area is 218 Å². The molecule has 1 heterocycles. The number of carboxylic acid groups (broad SMARTS) is 1. The molecule has 3 unspecified atom stereocenters. The van der Waals surface area contributed by atoms with Crippen molar-refractivity contribution in [3.8, 4) is 0 Å². The molecule has 0 saturated carbocycles. The van der Waals surface area contributed by atoms with Crippen molar-refractivity contribution in [3.05, 3.63) is 98.7 Å². The Kier molecular flexibility index (Phi) is 7.86. The summed E-state index contributed by atoms with van der Waals surface area (Å²) in [5.74, 6) is -1.11. The Morgan fingerprint density at radius 3 is 2.53 bits per heavy atom.